The van der Waals surface area contributed by atoms with E-state index in [2.05, 4.69) is 16.0 Å². The van der Waals surface area contributed by atoms with Gasteiger partial charge in [0.05, 0.1) is 16.8 Å². The zero-order valence-electron chi connectivity index (χ0n) is 13.1. The van der Waals surface area contributed by atoms with Crippen molar-refractivity contribution in [3.05, 3.63) is 52.2 Å². The van der Waals surface area contributed by atoms with Gasteiger partial charge in [-0.25, -0.2) is 0 Å². The van der Waals surface area contributed by atoms with Crippen molar-refractivity contribution in [3.63, 3.8) is 0 Å². The molecule has 24 heavy (non-hydrogen) atoms. The smallest absolute Gasteiger partial charge is 0.256 e. The highest BCUT2D eigenvalue weighted by Gasteiger charge is 2.19. The molecule has 0 aliphatic carbocycles. The Morgan fingerprint density at radius 1 is 1.17 bits per heavy atom. The highest BCUT2D eigenvalue weighted by atomic mass is 35.5. The molecule has 1 saturated heterocycles. The van der Waals surface area contributed by atoms with Gasteiger partial charge in [-0.05, 0) is 43.0 Å². The molecule has 3 rings (SSSR count). The molecule has 3 N–H and O–H groups in total. The van der Waals surface area contributed by atoms with E-state index in [1.165, 1.54) is 11.3 Å². The van der Waals surface area contributed by atoms with Gasteiger partial charge in [0.15, 0.2) is 0 Å². The van der Waals surface area contributed by atoms with Crippen LogP contribution in [0.25, 0.3) is 0 Å². The summed E-state index contributed by atoms with van der Waals surface area (Å²) in [6, 6.07) is 8.98. The van der Waals surface area contributed by atoms with Crippen LogP contribution in [-0.4, -0.2) is 30.9 Å². The van der Waals surface area contributed by atoms with E-state index in [0.29, 0.717) is 16.8 Å². The van der Waals surface area contributed by atoms with Crippen LogP contribution < -0.4 is 16.0 Å². The molecule has 1 aliphatic rings. The van der Waals surface area contributed by atoms with Crippen LogP contribution in [0.15, 0.2) is 41.1 Å². The third-order valence-electron chi connectivity index (χ3n) is 3.84. The second-order valence-electron chi connectivity index (χ2n) is 5.53. The number of rotatable bonds is 4. The van der Waals surface area contributed by atoms with Gasteiger partial charge in [-0.3, -0.25) is 9.59 Å². The highest BCUT2D eigenvalue weighted by Crippen LogP contribution is 2.17. The minimum Gasteiger partial charge on any atom is -0.348 e. The predicted octanol–water partition coefficient (Wildman–Crippen LogP) is 2.90. The Kier molecular flexibility index (Phi) is 6.78. The monoisotopic (exact) mass is 365 g/mol. The lowest BCUT2D eigenvalue weighted by Crippen LogP contribution is -2.45. The summed E-state index contributed by atoms with van der Waals surface area (Å²) in [7, 11) is 0. The van der Waals surface area contributed by atoms with Crippen LogP contribution in [0.5, 0.6) is 0 Å². The number of thiophene rings is 1. The van der Waals surface area contributed by atoms with Crippen LogP contribution in [0.1, 0.15) is 33.6 Å². The SMILES string of the molecule is Cl.O=C(Nc1ccccc1C(=O)NC1CCCNC1)c1ccsc1. The second-order valence-corrected chi connectivity index (χ2v) is 6.31. The normalized spacial score (nSPS) is 16.8. The van der Waals surface area contributed by atoms with Crippen LogP contribution in [0, 0.1) is 0 Å². The molecule has 0 saturated carbocycles. The van der Waals surface area contributed by atoms with Gasteiger partial charge >= 0.3 is 0 Å². The fraction of sp³-hybridized carbons (Fsp3) is 0.294. The van der Waals surface area contributed by atoms with Crippen LogP contribution in [0.4, 0.5) is 5.69 Å². The molecule has 1 unspecified atom stereocenters. The van der Waals surface area contributed by atoms with E-state index in [-0.39, 0.29) is 30.3 Å². The Morgan fingerprint density at radius 3 is 2.71 bits per heavy atom. The van der Waals surface area contributed by atoms with E-state index in [1.807, 2.05) is 11.4 Å². The van der Waals surface area contributed by atoms with E-state index < -0.39 is 0 Å². The number of carbonyl (C=O) groups is 2. The molecule has 0 bridgehead atoms. The Labute approximate surface area is 151 Å². The number of nitrogens with one attached hydrogen (secondary N) is 3. The van der Waals surface area contributed by atoms with Gasteiger partial charge in [0, 0.05) is 18.0 Å². The minimum absolute atomic E-state index is 0. The molecule has 2 aromatic rings. The summed E-state index contributed by atoms with van der Waals surface area (Å²) in [4.78, 5) is 24.7. The maximum atomic E-state index is 12.5. The molecule has 1 aliphatic heterocycles. The molecule has 7 heteroatoms. The molecule has 2 heterocycles. The second kappa shape index (κ2) is 8.82. The number of benzene rings is 1. The fourth-order valence-corrected chi connectivity index (χ4v) is 3.25. The fourth-order valence-electron chi connectivity index (χ4n) is 2.62. The Bertz CT molecular complexity index is 685. The van der Waals surface area contributed by atoms with Crippen molar-refractivity contribution in [1.82, 2.24) is 10.6 Å². The van der Waals surface area contributed by atoms with Crippen molar-refractivity contribution in [2.75, 3.05) is 18.4 Å². The van der Waals surface area contributed by atoms with E-state index in [0.717, 1.165) is 25.9 Å². The van der Waals surface area contributed by atoms with Crippen molar-refractivity contribution >= 4 is 41.2 Å². The molecule has 1 aromatic carbocycles. The van der Waals surface area contributed by atoms with Crippen LogP contribution >= 0.6 is 23.7 Å². The summed E-state index contributed by atoms with van der Waals surface area (Å²) in [5.74, 6) is -0.356. The van der Waals surface area contributed by atoms with Gasteiger partial charge in [-0.2, -0.15) is 11.3 Å². The maximum Gasteiger partial charge on any atom is 0.256 e. The predicted molar refractivity (Wildman–Crippen MR) is 99.3 cm³/mol. The molecule has 1 atom stereocenters. The number of halogens is 1. The van der Waals surface area contributed by atoms with Crippen molar-refractivity contribution in [1.29, 1.82) is 0 Å². The number of para-hydroxylation sites is 1. The van der Waals surface area contributed by atoms with E-state index in [1.54, 1.807) is 29.6 Å². The molecule has 5 nitrogen and oxygen atoms in total. The summed E-state index contributed by atoms with van der Waals surface area (Å²) >= 11 is 1.47. The van der Waals surface area contributed by atoms with Crippen molar-refractivity contribution in [2.45, 2.75) is 18.9 Å². The highest BCUT2D eigenvalue weighted by molar-refractivity contribution is 7.08. The molecular weight excluding hydrogens is 346 g/mol. The Balaban J connectivity index is 0.00000208. The zero-order valence-corrected chi connectivity index (χ0v) is 14.7. The lowest BCUT2D eigenvalue weighted by Gasteiger charge is -2.24. The Hall–Kier alpha value is -1.89. The average molecular weight is 366 g/mol. The molecule has 1 fully saturated rings. The largest absolute Gasteiger partial charge is 0.348 e. The van der Waals surface area contributed by atoms with Crippen LogP contribution in [-0.2, 0) is 0 Å². The summed E-state index contributed by atoms with van der Waals surface area (Å²) < 4.78 is 0. The van der Waals surface area contributed by atoms with Gasteiger partial charge in [-0.15, -0.1) is 12.4 Å². The number of hydrogen-bond acceptors (Lipinski definition) is 4. The number of hydrogen-bond donors (Lipinski definition) is 3. The molecule has 1 aromatic heterocycles. The summed E-state index contributed by atoms with van der Waals surface area (Å²) in [6.07, 6.45) is 2.03. The third kappa shape index (κ3) is 4.56. The number of carbonyl (C=O) groups excluding carboxylic acids is 2. The van der Waals surface area contributed by atoms with Gasteiger partial charge in [-0.1, -0.05) is 12.1 Å². The Morgan fingerprint density at radius 2 is 2.00 bits per heavy atom. The average Bonchev–Trinajstić information content (AvgIpc) is 3.11. The van der Waals surface area contributed by atoms with Crippen LogP contribution in [0.3, 0.4) is 0 Å². The molecule has 2 amide bonds. The quantitative estimate of drug-likeness (QED) is 0.780. The third-order valence-corrected chi connectivity index (χ3v) is 4.52. The molecule has 128 valence electrons. The molecule has 0 spiro atoms. The van der Waals surface area contributed by atoms with Gasteiger partial charge < -0.3 is 16.0 Å². The first-order chi connectivity index (χ1) is 11.2. The molecular formula is C17H20ClN3O2S. The first-order valence-electron chi connectivity index (χ1n) is 7.68. The lowest BCUT2D eigenvalue weighted by molar-refractivity contribution is 0.0931. The van der Waals surface area contributed by atoms with Crippen molar-refractivity contribution in [2.24, 2.45) is 0 Å². The molecule has 0 radical (unpaired) electrons. The van der Waals surface area contributed by atoms with Crippen LogP contribution in [0.2, 0.25) is 0 Å². The number of anilines is 1. The first kappa shape index (κ1) is 18.4. The van der Waals surface area contributed by atoms with Crippen molar-refractivity contribution in [3.8, 4) is 0 Å². The summed E-state index contributed by atoms with van der Waals surface area (Å²) in [5, 5.41) is 12.8. The van der Waals surface area contributed by atoms with E-state index in [4.69, 9.17) is 0 Å². The topological polar surface area (TPSA) is 70.2 Å². The van der Waals surface area contributed by atoms with Gasteiger partial charge in [0.1, 0.15) is 0 Å². The van der Waals surface area contributed by atoms with E-state index >= 15 is 0 Å². The summed E-state index contributed by atoms with van der Waals surface area (Å²) in [5.41, 5.74) is 1.62. The van der Waals surface area contributed by atoms with Crippen molar-refractivity contribution < 1.29 is 9.59 Å². The van der Waals surface area contributed by atoms with Gasteiger partial charge in [0.25, 0.3) is 11.8 Å². The van der Waals surface area contributed by atoms with Gasteiger partial charge in [0.2, 0.25) is 0 Å². The standard InChI is InChI=1S/C17H19N3O2S.ClH/c21-16(12-7-9-23-11-12)20-15-6-2-1-5-14(15)17(22)19-13-4-3-8-18-10-13;/h1-2,5-7,9,11,13,18H,3-4,8,10H2,(H,19,22)(H,20,21);1H. The summed E-state index contributed by atoms with van der Waals surface area (Å²) in [6.45, 7) is 1.79. The number of piperidine rings is 1. The first-order valence-corrected chi connectivity index (χ1v) is 8.62. The maximum absolute atomic E-state index is 12.5. The minimum atomic E-state index is -0.203. The zero-order chi connectivity index (χ0) is 16.1. The lowest BCUT2D eigenvalue weighted by atomic mass is 10.1. The van der Waals surface area contributed by atoms with E-state index in [9.17, 15) is 9.59 Å². The number of amides is 2.